The van der Waals surface area contributed by atoms with Crippen LogP contribution < -0.4 is 16.2 Å². The summed E-state index contributed by atoms with van der Waals surface area (Å²) in [5, 5.41) is 11.6. The lowest BCUT2D eigenvalue weighted by Crippen LogP contribution is -2.52. The summed E-state index contributed by atoms with van der Waals surface area (Å²) >= 11 is 1.75. The maximum atomic E-state index is 13.1. The second-order valence-corrected chi connectivity index (χ2v) is 11.1. The Labute approximate surface area is 205 Å². The van der Waals surface area contributed by atoms with Crippen LogP contribution in [0.4, 0.5) is 0 Å². The molecule has 1 saturated heterocycles. The number of carbonyl (C=O) groups excluding carboxylic acids is 1. The molecular weight excluding hydrogens is 474 g/mol. The molecule has 0 bridgehead atoms. The average molecular weight is 508 g/mol. The molecule has 3 rings (SSSR count). The van der Waals surface area contributed by atoms with Gasteiger partial charge in [0.05, 0.1) is 11.5 Å². The Morgan fingerprint density at radius 1 is 1.21 bits per heavy atom. The zero-order valence-corrected chi connectivity index (χ0v) is 20.7. The van der Waals surface area contributed by atoms with Crippen LogP contribution in [0.25, 0.3) is 10.8 Å². The molecule has 186 valence electrons. The number of aliphatic hydroxyl groups is 1. The van der Waals surface area contributed by atoms with Crippen LogP contribution in [-0.2, 0) is 14.8 Å². The smallest absolute Gasteiger partial charge is 0.243 e. The zero-order valence-electron chi connectivity index (χ0n) is 19.1. The van der Waals surface area contributed by atoms with Gasteiger partial charge < -0.3 is 21.5 Å². The van der Waals surface area contributed by atoms with Crippen LogP contribution in [0.15, 0.2) is 52.4 Å². The van der Waals surface area contributed by atoms with Gasteiger partial charge in [0.15, 0.2) is 5.96 Å². The minimum absolute atomic E-state index is 0.0226. The summed E-state index contributed by atoms with van der Waals surface area (Å²) < 4.78 is 28.3. The van der Waals surface area contributed by atoms with Gasteiger partial charge in [0.2, 0.25) is 15.9 Å². The van der Waals surface area contributed by atoms with Gasteiger partial charge in [-0.25, -0.2) is 8.42 Å². The van der Waals surface area contributed by atoms with E-state index in [1.165, 1.54) is 6.07 Å². The largest absolute Gasteiger partial charge is 0.394 e. The molecule has 1 amide bonds. The van der Waals surface area contributed by atoms with E-state index >= 15 is 0 Å². The first-order valence-electron chi connectivity index (χ1n) is 11.4. The first-order valence-corrected chi connectivity index (χ1v) is 14.0. The molecule has 0 aliphatic carbocycles. The Bertz CT molecular complexity index is 1110. The molecule has 1 fully saturated rings. The van der Waals surface area contributed by atoms with Gasteiger partial charge in [-0.2, -0.15) is 16.5 Å². The first kappa shape index (κ1) is 26.3. The number of rotatable bonds is 12. The van der Waals surface area contributed by atoms with Crippen LogP contribution in [-0.4, -0.2) is 73.6 Å². The lowest BCUT2D eigenvalue weighted by Gasteiger charge is -2.28. The fraction of sp³-hybridized carbons (Fsp3) is 0.478. The number of aliphatic imine (C=N–C) groups is 1. The van der Waals surface area contributed by atoms with Crippen LogP contribution in [0.1, 0.15) is 25.7 Å². The van der Waals surface area contributed by atoms with Crippen molar-refractivity contribution in [3.8, 4) is 0 Å². The van der Waals surface area contributed by atoms with Crippen molar-refractivity contribution in [3.63, 3.8) is 0 Å². The quantitative estimate of drug-likeness (QED) is 0.192. The number of hydrogen-bond acceptors (Lipinski definition) is 6. The van der Waals surface area contributed by atoms with Crippen LogP contribution in [0.5, 0.6) is 0 Å². The molecule has 11 heteroatoms. The molecule has 0 saturated carbocycles. The number of amides is 1. The summed E-state index contributed by atoms with van der Waals surface area (Å²) in [6.45, 7) is 0.558. The summed E-state index contributed by atoms with van der Waals surface area (Å²) in [6, 6.07) is 11.0. The number of sulfonamides is 1. The number of fused-ring (bicyclic) bond motifs is 1. The second-order valence-electron chi connectivity index (χ2n) is 8.28. The third-order valence-corrected chi connectivity index (χ3v) is 8.44. The van der Waals surface area contributed by atoms with E-state index in [9.17, 15) is 18.3 Å². The Kier molecular flexibility index (Phi) is 9.57. The van der Waals surface area contributed by atoms with Gasteiger partial charge in [-0.05, 0) is 54.3 Å². The number of guanidine groups is 1. The monoisotopic (exact) mass is 507 g/mol. The molecule has 0 radical (unpaired) electrons. The third kappa shape index (κ3) is 7.08. The number of thioether (sulfide) groups is 1. The fourth-order valence-corrected chi connectivity index (χ4v) is 6.41. The topological polar surface area (TPSA) is 151 Å². The molecule has 1 aliphatic heterocycles. The number of likely N-dealkylation sites (tertiary alicyclic amines) is 1. The maximum absolute atomic E-state index is 13.1. The number of nitrogens with two attached hydrogens (primary N) is 2. The molecule has 1 heterocycles. The van der Waals surface area contributed by atoms with E-state index in [1.54, 1.807) is 28.8 Å². The van der Waals surface area contributed by atoms with E-state index in [0.717, 1.165) is 48.0 Å². The molecule has 0 aromatic heterocycles. The average Bonchev–Trinajstić information content (AvgIpc) is 3.29. The number of hydrogen-bond donors (Lipinski definition) is 4. The van der Waals surface area contributed by atoms with E-state index in [2.05, 4.69) is 9.71 Å². The Morgan fingerprint density at radius 2 is 1.97 bits per heavy atom. The highest BCUT2D eigenvalue weighted by atomic mass is 32.2. The predicted molar refractivity (Wildman–Crippen MR) is 137 cm³/mol. The molecule has 2 atom stereocenters. The number of nitrogens with zero attached hydrogens (tertiary/aromatic N) is 2. The van der Waals surface area contributed by atoms with Crippen molar-refractivity contribution >= 4 is 44.4 Å². The number of benzene rings is 2. The standard InChI is InChI=1S/C23H33N5O4S2/c24-23(25)26-11-3-4-13-33-16-19-8-5-12-28(19)22(30)21(15-29)27-34(31,32)20-10-9-17-6-1-2-7-18(17)14-20/h1-2,6-7,9-10,14,19,21,27,29H,3-5,8,11-13,15-16H2,(H4,24,25,26)/t19-,21-/m0/s1. The van der Waals surface area contributed by atoms with Gasteiger partial charge in [0.25, 0.3) is 0 Å². The van der Waals surface area contributed by atoms with Crippen LogP contribution in [0.2, 0.25) is 0 Å². The summed E-state index contributed by atoms with van der Waals surface area (Å²) in [5.41, 5.74) is 10.6. The highest BCUT2D eigenvalue weighted by molar-refractivity contribution is 7.99. The van der Waals surface area contributed by atoms with Gasteiger partial charge in [0, 0.05) is 24.9 Å². The molecule has 0 unspecified atom stereocenters. The van der Waals surface area contributed by atoms with Crippen molar-refractivity contribution in [2.75, 3.05) is 31.2 Å². The highest BCUT2D eigenvalue weighted by Crippen LogP contribution is 2.24. The van der Waals surface area contributed by atoms with Gasteiger partial charge in [-0.1, -0.05) is 30.3 Å². The van der Waals surface area contributed by atoms with Crippen molar-refractivity contribution in [2.45, 2.75) is 42.7 Å². The summed E-state index contributed by atoms with van der Waals surface area (Å²) in [5.74, 6) is 1.41. The number of unbranched alkanes of at least 4 members (excludes halogenated alkanes) is 1. The Hall–Kier alpha value is -2.34. The summed E-state index contributed by atoms with van der Waals surface area (Å²) in [4.78, 5) is 18.9. The fourth-order valence-electron chi connectivity index (χ4n) is 4.00. The summed E-state index contributed by atoms with van der Waals surface area (Å²) in [7, 11) is -3.98. The van der Waals surface area contributed by atoms with E-state index in [4.69, 9.17) is 11.5 Å². The van der Waals surface area contributed by atoms with Crippen molar-refractivity contribution < 1.29 is 18.3 Å². The molecule has 34 heavy (non-hydrogen) atoms. The first-order chi connectivity index (χ1) is 16.3. The number of carbonyl (C=O) groups is 1. The highest BCUT2D eigenvalue weighted by Gasteiger charge is 2.35. The van der Waals surface area contributed by atoms with Crippen LogP contribution in [0.3, 0.4) is 0 Å². The molecule has 0 spiro atoms. The van der Waals surface area contributed by atoms with Gasteiger partial charge in [-0.3, -0.25) is 9.79 Å². The number of nitrogens with one attached hydrogen (secondary N) is 1. The molecule has 9 nitrogen and oxygen atoms in total. The maximum Gasteiger partial charge on any atom is 0.243 e. The minimum Gasteiger partial charge on any atom is -0.394 e. The van der Waals surface area contributed by atoms with E-state index in [1.807, 2.05) is 24.3 Å². The van der Waals surface area contributed by atoms with Crippen molar-refractivity contribution in [1.82, 2.24) is 9.62 Å². The normalized spacial score (nSPS) is 17.1. The molecule has 2 aromatic rings. The van der Waals surface area contributed by atoms with Gasteiger partial charge in [-0.15, -0.1) is 0 Å². The second kappa shape index (κ2) is 12.4. The summed E-state index contributed by atoms with van der Waals surface area (Å²) in [6.07, 6.45) is 3.58. The molecule has 6 N–H and O–H groups in total. The minimum atomic E-state index is -3.98. The van der Waals surface area contributed by atoms with Crippen LogP contribution >= 0.6 is 11.8 Å². The van der Waals surface area contributed by atoms with Crippen molar-refractivity contribution in [2.24, 2.45) is 16.5 Å². The third-order valence-electron chi connectivity index (χ3n) is 5.77. The van der Waals surface area contributed by atoms with Gasteiger partial charge >= 0.3 is 0 Å². The van der Waals surface area contributed by atoms with E-state index in [0.29, 0.717) is 13.1 Å². The lowest BCUT2D eigenvalue weighted by molar-refractivity contribution is -0.134. The van der Waals surface area contributed by atoms with E-state index in [-0.39, 0.29) is 22.8 Å². The Morgan fingerprint density at radius 3 is 2.71 bits per heavy atom. The Balaban J connectivity index is 1.57. The van der Waals surface area contributed by atoms with E-state index < -0.39 is 22.7 Å². The van der Waals surface area contributed by atoms with Gasteiger partial charge in [0.1, 0.15) is 6.04 Å². The van der Waals surface area contributed by atoms with Crippen LogP contribution in [0, 0.1) is 0 Å². The molecule has 1 aliphatic rings. The lowest BCUT2D eigenvalue weighted by atomic mass is 10.1. The SMILES string of the molecule is NC(N)=NCCCCSC[C@@H]1CCCN1C(=O)[C@H](CO)NS(=O)(=O)c1ccc2ccccc2c1. The molecular formula is C23H33N5O4S2. The number of aliphatic hydroxyl groups excluding tert-OH is 1. The molecule has 2 aromatic carbocycles. The zero-order chi connectivity index (χ0) is 24.6. The predicted octanol–water partition coefficient (Wildman–Crippen LogP) is 1.26. The van der Waals surface area contributed by atoms with Crippen molar-refractivity contribution in [3.05, 3.63) is 42.5 Å². The van der Waals surface area contributed by atoms with Crippen molar-refractivity contribution in [1.29, 1.82) is 0 Å².